The van der Waals surface area contributed by atoms with Crippen LogP contribution in [-0.4, -0.2) is 35.1 Å². The Kier molecular flexibility index (Phi) is 7.56. The van der Waals surface area contributed by atoms with Gasteiger partial charge in [-0.25, -0.2) is 0 Å². The molecule has 0 unspecified atom stereocenters. The molecular formula is C19H24N4O2. The largest absolute Gasteiger partial charge is 0.399 e. The van der Waals surface area contributed by atoms with Gasteiger partial charge in [0.15, 0.2) is 0 Å². The lowest BCUT2D eigenvalue weighted by Crippen LogP contribution is -2.05. The van der Waals surface area contributed by atoms with E-state index in [-0.39, 0.29) is 0 Å². The molecule has 132 valence electrons. The highest BCUT2D eigenvalue weighted by Gasteiger charge is 2.04. The summed E-state index contributed by atoms with van der Waals surface area (Å²) in [5.41, 5.74) is 4.28. The Hall–Kier alpha value is -2.76. The molecule has 6 nitrogen and oxygen atoms in total. The molecule has 0 saturated carbocycles. The third-order valence-corrected chi connectivity index (χ3v) is 3.54. The first-order chi connectivity index (χ1) is 12.2. The predicted octanol–water partition coefficient (Wildman–Crippen LogP) is 3.61. The van der Waals surface area contributed by atoms with Crippen LogP contribution in [0.1, 0.15) is 43.8 Å². The van der Waals surface area contributed by atoms with E-state index < -0.39 is 0 Å². The van der Waals surface area contributed by atoms with Crippen molar-refractivity contribution >= 4 is 11.4 Å². The van der Waals surface area contributed by atoms with Gasteiger partial charge in [0, 0.05) is 11.9 Å². The van der Waals surface area contributed by atoms with E-state index in [2.05, 4.69) is 20.3 Å². The van der Waals surface area contributed by atoms with E-state index in [4.69, 9.17) is 9.68 Å². The number of oxime groups is 2. The highest BCUT2D eigenvalue weighted by molar-refractivity contribution is 5.98. The number of aryl methyl sites for hydroxylation is 1. The molecule has 2 aromatic rings. The van der Waals surface area contributed by atoms with Gasteiger partial charge in [0.1, 0.15) is 25.1 Å². The number of rotatable bonds is 9. The number of hydrogen-bond donors (Lipinski definition) is 0. The summed E-state index contributed by atoms with van der Waals surface area (Å²) in [4.78, 5) is 19.1. The van der Waals surface area contributed by atoms with Crippen LogP contribution in [0.5, 0.6) is 0 Å². The van der Waals surface area contributed by atoms with Gasteiger partial charge >= 0.3 is 0 Å². The van der Waals surface area contributed by atoms with E-state index in [9.17, 15) is 0 Å². The van der Waals surface area contributed by atoms with Gasteiger partial charge in [-0.05, 0) is 50.5 Å². The topological polar surface area (TPSA) is 69.0 Å². The van der Waals surface area contributed by atoms with Crippen molar-refractivity contribution in [3.8, 4) is 0 Å². The Morgan fingerprint density at radius 1 is 1.08 bits per heavy atom. The molecule has 2 heterocycles. The second-order valence-corrected chi connectivity index (χ2v) is 5.42. The first-order valence-corrected chi connectivity index (χ1v) is 8.39. The van der Waals surface area contributed by atoms with Crippen molar-refractivity contribution in [1.29, 1.82) is 0 Å². The van der Waals surface area contributed by atoms with Crippen molar-refractivity contribution in [3.05, 3.63) is 59.7 Å². The fourth-order valence-electron chi connectivity index (χ4n) is 2.27. The van der Waals surface area contributed by atoms with Gasteiger partial charge in [-0.1, -0.05) is 29.4 Å². The van der Waals surface area contributed by atoms with E-state index in [1.165, 1.54) is 7.11 Å². The molecular weight excluding hydrogens is 316 g/mol. The Morgan fingerprint density at radius 3 is 2.64 bits per heavy atom. The zero-order chi connectivity index (χ0) is 17.9. The standard InChI is InChI=1S/C19H24N4O2/c1-4-17(19-11-5-6-13-20-19)23-25-14-8-10-16-9-7-12-18(21-16)15(2)22-24-3/h5-7,9,11-13H,4,8,10,14H2,1-3H3/b22-15+,23-17+. The Morgan fingerprint density at radius 2 is 1.92 bits per heavy atom. The van der Waals surface area contributed by atoms with E-state index in [0.29, 0.717) is 6.61 Å². The molecule has 0 radical (unpaired) electrons. The summed E-state index contributed by atoms with van der Waals surface area (Å²) in [6.45, 7) is 4.45. The Bertz CT molecular complexity index is 714. The quantitative estimate of drug-likeness (QED) is 0.397. The highest BCUT2D eigenvalue weighted by Crippen LogP contribution is 2.06. The molecule has 0 amide bonds. The minimum atomic E-state index is 0.535. The minimum absolute atomic E-state index is 0.535. The Balaban J connectivity index is 1.84. The zero-order valence-corrected chi connectivity index (χ0v) is 15.0. The molecule has 0 atom stereocenters. The number of pyridine rings is 2. The van der Waals surface area contributed by atoms with Gasteiger partial charge in [-0.15, -0.1) is 0 Å². The lowest BCUT2D eigenvalue weighted by atomic mass is 10.2. The monoisotopic (exact) mass is 340 g/mol. The predicted molar refractivity (Wildman–Crippen MR) is 98.8 cm³/mol. The third-order valence-electron chi connectivity index (χ3n) is 3.54. The SMILES string of the molecule is CC/C(=N\OCCCc1cccc(/C(C)=N/OC)n1)c1ccccn1. The molecule has 0 aliphatic carbocycles. The zero-order valence-electron chi connectivity index (χ0n) is 15.0. The molecule has 6 heteroatoms. The molecule has 0 aliphatic heterocycles. The third kappa shape index (κ3) is 5.99. The fraction of sp³-hybridized carbons (Fsp3) is 0.368. The minimum Gasteiger partial charge on any atom is -0.399 e. The summed E-state index contributed by atoms with van der Waals surface area (Å²) < 4.78 is 0. The molecule has 0 fully saturated rings. The molecule has 0 spiro atoms. The molecule has 2 aromatic heterocycles. The maximum Gasteiger partial charge on any atom is 0.117 e. The van der Waals surface area contributed by atoms with E-state index in [1.54, 1.807) is 6.20 Å². The van der Waals surface area contributed by atoms with Crippen molar-refractivity contribution in [3.63, 3.8) is 0 Å². The molecule has 0 N–H and O–H groups in total. The number of hydrogen-bond acceptors (Lipinski definition) is 6. The van der Waals surface area contributed by atoms with Gasteiger partial charge in [0.2, 0.25) is 0 Å². The van der Waals surface area contributed by atoms with Crippen LogP contribution in [0, 0.1) is 0 Å². The molecule has 0 saturated heterocycles. The fourth-order valence-corrected chi connectivity index (χ4v) is 2.27. The van der Waals surface area contributed by atoms with Crippen LogP contribution in [0.25, 0.3) is 0 Å². The number of nitrogens with zero attached hydrogens (tertiary/aromatic N) is 4. The van der Waals surface area contributed by atoms with Crippen LogP contribution in [0.15, 0.2) is 52.9 Å². The van der Waals surface area contributed by atoms with Crippen molar-refractivity contribution < 1.29 is 9.68 Å². The average molecular weight is 340 g/mol. The van der Waals surface area contributed by atoms with Gasteiger partial charge in [-0.2, -0.15) is 0 Å². The van der Waals surface area contributed by atoms with Gasteiger partial charge in [0.25, 0.3) is 0 Å². The highest BCUT2D eigenvalue weighted by atomic mass is 16.6. The summed E-state index contributed by atoms with van der Waals surface area (Å²) in [5, 5.41) is 8.12. The molecule has 0 aliphatic rings. The van der Waals surface area contributed by atoms with Gasteiger partial charge < -0.3 is 9.68 Å². The average Bonchev–Trinajstić information content (AvgIpc) is 2.66. The van der Waals surface area contributed by atoms with E-state index in [1.807, 2.05) is 50.2 Å². The second kappa shape index (κ2) is 10.2. The molecule has 0 aromatic carbocycles. The first-order valence-electron chi connectivity index (χ1n) is 8.39. The van der Waals surface area contributed by atoms with Crippen LogP contribution >= 0.6 is 0 Å². The van der Waals surface area contributed by atoms with Gasteiger partial charge in [-0.3, -0.25) is 9.97 Å². The van der Waals surface area contributed by atoms with E-state index >= 15 is 0 Å². The molecule has 2 rings (SSSR count). The van der Waals surface area contributed by atoms with Crippen LogP contribution < -0.4 is 0 Å². The van der Waals surface area contributed by atoms with Crippen LogP contribution in [0.4, 0.5) is 0 Å². The summed E-state index contributed by atoms with van der Waals surface area (Å²) in [6.07, 6.45) is 4.18. The maximum absolute atomic E-state index is 5.46. The van der Waals surface area contributed by atoms with Crippen molar-refractivity contribution in [2.45, 2.75) is 33.1 Å². The smallest absolute Gasteiger partial charge is 0.117 e. The van der Waals surface area contributed by atoms with Crippen LogP contribution in [0.3, 0.4) is 0 Å². The van der Waals surface area contributed by atoms with Crippen LogP contribution in [0.2, 0.25) is 0 Å². The lowest BCUT2D eigenvalue weighted by Gasteiger charge is -2.05. The first kappa shape index (κ1) is 18.6. The summed E-state index contributed by atoms with van der Waals surface area (Å²) >= 11 is 0. The normalized spacial score (nSPS) is 12.1. The second-order valence-electron chi connectivity index (χ2n) is 5.42. The Labute approximate surface area is 148 Å². The summed E-state index contributed by atoms with van der Waals surface area (Å²) in [6, 6.07) is 11.7. The van der Waals surface area contributed by atoms with Crippen LogP contribution in [-0.2, 0) is 16.1 Å². The summed E-state index contributed by atoms with van der Waals surface area (Å²) in [5.74, 6) is 0. The van der Waals surface area contributed by atoms with Crippen molar-refractivity contribution in [2.24, 2.45) is 10.3 Å². The molecule has 0 bridgehead atoms. The van der Waals surface area contributed by atoms with Crippen molar-refractivity contribution in [1.82, 2.24) is 9.97 Å². The lowest BCUT2D eigenvalue weighted by molar-refractivity contribution is 0.141. The van der Waals surface area contributed by atoms with Gasteiger partial charge in [0.05, 0.1) is 11.4 Å². The van der Waals surface area contributed by atoms with Crippen molar-refractivity contribution in [2.75, 3.05) is 13.7 Å². The summed E-state index contributed by atoms with van der Waals surface area (Å²) in [7, 11) is 1.53. The maximum atomic E-state index is 5.46. The number of aromatic nitrogens is 2. The van der Waals surface area contributed by atoms with E-state index in [0.717, 1.165) is 47.8 Å². The molecule has 25 heavy (non-hydrogen) atoms.